The molecule has 0 amide bonds. The molecule has 3 N–H and O–H groups in total. The third-order valence-electron chi connectivity index (χ3n) is 14.8. The van der Waals surface area contributed by atoms with E-state index in [2.05, 4.69) is 210 Å². The van der Waals surface area contributed by atoms with E-state index < -0.39 is 97.5 Å². The molecule has 5 atom stereocenters. The van der Waals surface area contributed by atoms with Crippen molar-refractivity contribution in [3.63, 3.8) is 0 Å². The monoisotopic (exact) mass is 1490 g/mol. The lowest BCUT2D eigenvalue weighted by Crippen LogP contribution is -2.30. The van der Waals surface area contributed by atoms with Crippen molar-refractivity contribution in [3.8, 4) is 0 Å². The van der Waals surface area contributed by atoms with Crippen molar-refractivity contribution in [1.29, 1.82) is 0 Å². The topological polar surface area (TPSA) is 237 Å². The number of phosphoric acid groups is 2. The second kappa shape index (κ2) is 74.9. The first-order valence-electron chi connectivity index (χ1n) is 38.3. The molecular weight excluding hydrogens is 1350 g/mol. The number of esters is 4. The van der Waals surface area contributed by atoms with Gasteiger partial charge < -0.3 is 33.8 Å². The molecule has 0 spiro atoms. The molecule has 0 aliphatic rings. The van der Waals surface area contributed by atoms with Gasteiger partial charge in [-0.2, -0.15) is 0 Å². The van der Waals surface area contributed by atoms with Crippen molar-refractivity contribution in [2.24, 2.45) is 0 Å². The zero-order valence-corrected chi connectivity index (χ0v) is 65.4. The number of unbranched alkanes of at least 4 members (excludes halogenated alkanes) is 10. The van der Waals surface area contributed by atoms with Crippen LogP contribution >= 0.6 is 15.6 Å². The summed E-state index contributed by atoms with van der Waals surface area (Å²) in [6.07, 6.45) is 92.8. The van der Waals surface area contributed by atoms with Crippen molar-refractivity contribution in [2.75, 3.05) is 39.6 Å². The van der Waals surface area contributed by atoms with Crippen LogP contribution < -0.4 is 0 Å². The average Bonchev–Trinajstić information content (AvgIpc) is 0.918. The Balaban J connectivity index is 5.53. The van der Waals surface area contributed by atoms with Crippen LogP contribution in [0.1, 0.15) is 246 Å². The summed E-state index contributed by atoms with van der Waals surface area (Å²) >= 11 is 0. The molecular formula is C85H132O17P2. The van der Waals surface area contributed by atoms with E-state index in [0.29, 0.717) is 25.7 Å². The molecule has 0 rings (SSSR count). The third kappa shape index (κ3) is 73.9. The van der Waals surface area contributed by atoms with E-state index in [1.807, 2.05) is 12.2 Å². The van der Waals surface area contributed by atoms with E-state index in [1.165, 1.54) is 0 Å². The number of carbonyl (C=O) groups is 4. The smallest absolute Gasteiger partial charge is 0.462 e. The van der Waals surface area contributed by atoms with Gasteiger partial charge in [0.15, 0.2) is 12.2 Å². The van der Waals surface area contributed by atoms with Gasteiger partial charge in [0, 0.05) is 19.3 Å². The lowest BCUT2D eigenvalue weighted by Gasteiger charge is -2.21. The molecule has 19 heteroatoms. The first-order valence-corrected chi connectivity index (χ1v) is 41.3. The maximum absolute atomic E-state index is 13.1. The average molecular weight is 1490 g/mol. The number of hydrogen-bond donors (Lipinski definition) is 3. The van der Waals surface area contributed by atoms with E-state index in [-0.39, 0.29) is 25.7 Å². The summed E-state index contributed by atoms with van der Waals surface area (Å²) in [5, 5.41) is 10.6. The quantitative estimate of drug-likeness (QED) is 0.0169. The van der Waals surface area contributed by atoms with Crippen LogP contribution in [-0.4, -0.2) is 96.7 Å². The molecule has 584 valence electrons. The summed E-state index contributed by atoms with van der Waals surface area (Å²) in [6, 6.07) is 0. The summed E-state index contributed by atoms with van der Waals surface area (Å²) in [5.74, 6) is -2.46. The summed E-state index contributed by atoms with van der Waals surface area (Å²) in [4.78, 5) is 72.9. The fraction of sp³-hybridized carbons (Fsp3) is 0.553. The van der Waals surface area contributed by atoms with E-state index in [9.17, 15) is 43.2 Å². The van der Waals surface area contributed by atoms with Crippen molar-refractivity contribution in [1.82, 2.24) is 0 Å². The molecule has 0 aliphatic carbocycles. The van der Waals surface area contributed by atoms with Crippen LogP contribution in [0.15, 0.2) is 207 Å². The number of ether oxygens (including phenoxy) is 4. The molecule has 0 aromatic carbocycles. The Morgan fingerprint density at radius 2 is 0.510 bits per heavy atom. The van der Waals surface area contributed by atoms with Crippen LogP contribution in [-0.2, 0) is 65.4 Å². The van der Waals surface area contributed by atoms with Gasteiger partial charge in [-0.3, -0.25) is 37.3 Å². The second-order valence-corrected chi connectivity index (χ2v) is 27.3. The highest BCUT2D eigenvalue weighted by Crippen LogP contribution is 2.45. The molecule has 0 fully saturated rings. The van der Waals surface area contributed by atoms with Crippen LogP contribution in [0.2, 0.25) is 0 Å². The zero-order valence-electron chi connectivity index (χ0n) is 63.6. The molecule has 0 saturated heterocycles. The predicted molar refractivity (Wildman–Crippen MR) is 426 cm³/mol. The fourth-order valence-corrected chi connectivity index (χ4v) is 10.7. The van der Waals surface area contributed by atoms with Gasteiger partial charge in [0.05, 0.1) is 32.8 Å². The van der Waals surface area contributed by atoms with Gasteiger partial charge >= 0.3 is 39.5 Å². The minimum Gasteiger partial charge on any atom is -0.462 e. The number of rotatable bonds is 69. The Hall–Kier alpha value is -6.36. The molecule has 0 saturated carbocycles. The van der Waals surface area contributed by atoms with Crippen LogP contribution in [0.5, 0.6) is 0 Å². The van der Waals surface area contributed by atoms with Gasteiger partial charge in [0.25, 0.3) is 0 Å². The zero-order chi connectivity index (χ0) is 76.0. The van der Waals surface area contributed by atoms with Gasteiger partial charge in [-0.05, 0) is 167 Å². The lowest BCUT2D eigenvalue weighted by molar-refractivity contribution is -0.161. The number of allylic oxidation sites excluding steroid dienone is 33. The van der Waals surface area contributed by atoms with Gasteiger partial charge in [0.1, 0.15) is 19.3 Å². The molecule has 0 aromatic rings. The largest absolute Gasteiger partial charge is 0.472 e. The van der Waals surface area contributed by atoms with E-state index in [4.69, 9.17) is 37.0 Å². The van der Waals surface area contributed by atoms with Crippen molar-refractivity contribution >= 4 is 39.5 Å². The first-order chi connectivity index (χ1) is 50.7. The number of carbonyl (C=O) groups excluding carboxylic acids is 4. The normalized spacial score (nSPS) is 15.0. The molecule has 104 heavy (non-hydrogen) atoms. The van der Waals surface area contributed by atoms with Crippen LogP contribution in [0.4, 0.5) is 0 Å². The molecule has 0 bridgehead atoms. The SMILES string of the molecule is CC/C=C\C/C=C\C/C=C\C/C=C\C/C=C\CCCCCC(=O)OCC(COP(=O)(O)OCC(O)COP(=O)(O)OCC(COC(=O)CCCC/C=C\C/C=C\C/C=C\C/C=C\CC)OC(=O)CCCCCCC/C=C\C/C=C\C/C=C\CC)OC(=O)C/C=C\C/C=C\C/C=C\C/C=C\C/C=C\CC. The Morgan fingerprint density at radius 1 is 0.279 bits per heavy atom. The maximum atomic E-state index is 13.1. The Kier molecular flexibility index (Phi) is 70.3. The molecule has 0 radical (unpaired) electrons. The minimum absolute atomic E-state index is 0.0543. The van der Waals surface area contributed by atoms with E-state index >= 15 is 0 Å². The lowest BCUT2D eigenvalue weighted by atomic mass is 10.1. The van der Waals surface area contributed by atoms with Crippen LogP contribution in [0.3, 0.4) is 0 Å². The molecule has 0 heterocycles. The Bertz CT molecular complexity index is 2790. The number of phosphoric ester groups is 2. The maximum Gasteiger partial charge on any atom is 0.472 e. The Labute approximate surface area is 627 Å². The number of aliphatic hydroxyl groups is 1. The molecule has 0 aromatic heterocycles. The van der Waals surface area contributed by atoms with Gasteiger partial charge in [-0.15, -0.1) is 0 Å². The minimum atomic E-state index is -5.02. The summed E-state index contributed by atoms with van der Waals surface area (Å²) in [6.45, 7) is 4.14. The fourth-order valence-electron chi connectivity index (χ4n) is 9.09. The summed E-state index contributed by atoms with van der Waals surface area (Å²) < 4.78 is 68.3. The van der Waals surface area contributed by atoms with E-state index in [1.54, 1.807) is 12.2 Å². The molecule has 5 unspecified atom stereocenters. The van der Waals surface area contributed by atoms with Crippen molar-refractivity contribution in [2.45, 2.75) is 264 Å². The highest BCUT2D eigenvalue weighted by molar-refractivity contribution is 7.47. The van der Waals surface area contributed by atoms with Gasteiger partial charge in [0.2, 0.25) is 0 Å². The Morgan fingerprint density at radius 3 is 0.837 bits per heavy atom. The van der Waals surface area contributed by atoms with E-state index in [0.717, 1.165) is 167 Å². The predicted octanol–water partition coefficient (Wildman–Crippen LogP) is 22.3. The van der Waals surface area contributed by atoms with Crippen LogP contribution in [0.25, 0.3) is 0 Å². The van der Waals surface area contributed by atoms with Gasteiger partial charge in [-0.1, -0.05) is 260 Å². The van der Waals surface area contributed by atoms with Crippen molar-refractivity contribution < 1.29 is 80.2 Å². The number of hydrogen-bond acceptors (Lipinski definition) is 15. The third-order valence-corrected chi connectivity index (χ3v) is 16.7. The second-order valence-electron chi connectivity index (χ2n) is 24.4. The number of aliphatic hydroxyl groups excluding tert-OH is 1. The molecule has 0 aliphatic heterocycles. The highest BCUT2D eigenvalue weighted by Gasteiger charge is 2.30. The summed E-state index contributed by atoms with van der Waals surface area (Å²) in [5.41, 5.74) is 0. The standard InChI is InChI=1S/C85H132O17P2/c1-5-9-13-17-21-25-29-33-37-38-39-40-44-46-50-54-58-62-66-70-83(88)96-76-81(102-85(90)72-68-64-60-56-52-48-43-36-32-28-24-20-16-12-8-4)78-100-104(93,94)98-74-79(86)73-97-103(91,92)99-77-80(101-84(89)71-67-63-59-55-51-47-42-35-31-27-23-19-15-11-7-3)75-95-82(87)69-65-61-57-53-49-45-41-34-30-26-22-18-14-10-6-2/h9-16,21-28,33-37,39-43,46,49-50,52-53,56,64,68,79-81,86H,5-8,17-20,29-32,38,44-45,47-48,51,54-55,57-63,65-67,69-78H2,1-4H3,(H,91,92)(H,93,94)/b13-9-,14-10-,15-11-,16-12-,25-21-,26-22-,27-23-,28-24-,37-33-,40-39-,41-34-,42-35-,43-36-,50-46-,53-49-,56-52-,68-64-. The first kappa shape index (κ1) is 97.6. The molecule has 17 nitrogen and oxygen atoms in total. The summed E-state index contributed by atoms with van der Waals surface area (Å²) in [7, 11) is -10.0. The highest BCUT2D eigenvalue weighted by atomic mass is 31.2. The van der Waals surface area contributed by atoms with Crippen molar-refractivity contribution in [3.05, 3.63) is 207 Å². The van der Waals surface area contributed by atoms with Crippen LogP contribution in [0, 0.1) is 0 Å². The van der Waals surface area contributed by atoms with Gasteiger partial charge in [-0.25, -0.2) is 9.13 Å².